The maximum Gasteiger partial charge on any atom is 0.00389 e. The average Bonchev–Trinajstić information content (AvgIpc) is 2.49. The molecule has 1 saturated carbocycles. The van der Waals surface area contributed by atoms with E-state index in [0.29, 0.717) is 6.04 Å². The summed E-state index contributed by atoms with van der Waals surface area (Å²) in [6, 6.07) is 0.471. The molecule has 1 aliphatic rings. The number of hydrogen-bond donors (Lipinski definition) is 3. The Labute approximate surface area is 101 Å². The van der Waals surface area contributed by atoms with Crippen molar-refractivity contribution in [2.75, 3.05) is 26.2 Å². The van der Waals surface area contributed by atoms with Gasteiger partial charge in [-0.05, 0) is 64.2 Å². The molecule has 16 heavy (non-hydrogen) atoms. The van der Waals surface area contributed by atoms with Crippen LogP contribution in [-0.2, 0) is 0 Å². The van der Waals surface area contributed by atoms with E-state index in [1.54, 1.807) is 0 Å². The summed E-state index contributed by atoms with van der Waals surface area (Å²) in [5.41, 5.74) is 5.98. The van der Waals surface area contributed by atoms with Gasteiger partial charge in [0, 0.05) is 6.04 Å². The Balaban J connectivity index is 1.95. The van der Waals surface area contributed by atoms with Crippen molar-refractivity contribution in [1.82, 2.24) is 10.6 Å². The van der Waals surface area contributed by atoms with Crippen LogP contribution in [0.2, 0.25) is 0 Å². The lowest BCUT2D eigenvalue weighted by Crippen LogP contribution is -2.26. The molecule has 1 aliphatic carbocycles. The first-order valence-corrected chi connectivity index (χ1v) is 7.00. The highest BCUT2D eigenvalue weighted by atomic mass is 14.9. The van der Waals surface area contributed by atoms with Crippen LogP contribution in [0.25, 0.3) is 0 Å². The molecule has 0 aliphatic heterocycles. The second-order valence-electron chi connectivity index (χ2n) is 5.05. The SMILES string of the molecule is CCNCCCNC[C@@H]1CCC[C@H](N)CC1. The van der Waals surface area contributed by atoms with Gasteiger partial charge in [-0.3, -0.25) is 0 Å². The fourth-order valence-electron chi connectivity index (χ4n) is 2.43. The Morgan fingerprint density at radius 1 is 1.06 bits per heavy atom. The molecule has 0 bridgehead atoms. The van der Waals surface area contributed by atoms with E-state index in [4.69, 9.17) is 5.73 Å². The van der Waals surface area contributed by atoms with E-state index in [9.17, 15) is 0 Å². The fourth-order valence-corrected chi connectivity index (χ4v) is 2.43. The standard InChI is InChI=1S/C13H29N3/c1-2-15-9-4-10-16-11-12-5-3-6-13(14)8-7-12/h12-13,15-16H,2-11,14H2,1H3/t12-,13+/m1/s1. The van der Waals surface area contributed by atoms with Gasteiger partial charge in [0.15, 0.2) is 0 Å². The van der Waals surface area contributed by atoms with Crippen LogP contribution >= 0.6 is 0 Å². The summed E-state index contributed by atoms with van der Waals surface area (Å²) in [7, 11) is 0. The van der Waals surface area contributed by atoms with Crippen LogP contribution in [-0.4, -0.2) is 32.2 Å². The molecule has 96 valence electrons. The quantitative estimate of drug-likeness (QED) is 0.456. The number of rotatable bonds is 7. The van der Waals surface area contributed by atoms with Crippen molar-refractivity contribution in [3.63, 3.8) is 0 Å². The molecular formula is C13H29N3. The van der Waals surface area contributed by atoms with Gasteiger partial charge in [-0.2, -0.15) is 0 Å². The summed E-state index contributed by atoms with van der Waals surface area (Å²) in [6.45, 7) is 6.72. The van der Waals surface area contributed by atoms with Gasteiger partial charge in [0.2, 0.25) is 0 Å². The molecule has 1 rings (SSSR count). The minimum atomic E-state index is 0.471. The summed E-state index contributed by atoms with van der Waals surface area (Å²) in [6.07, 6.45) is 7.71. The van der Waals surface area contributed by atoms with Gasteiger partial charge in [-0.1, -0.05) is 13.3 Å². The Morgan fingerprint density at radius 2 is 1.88 bits per heavy atom. The third-order valence-electron chi connectivity index (χ3n) is 3.52. The Bertz CT molecular complexity index is 161. The van der Waals surface area contributed by atoms with Crippen LogP contribution in [0.3, 0.4) is 0 Å². The van der Waals surface area contributed by atoms with Gasteiger partial charge in [-0.15, -0.1) is 0 Å². The zero-order valence-corrected chi connectivity index (χ0v) is 10.8. The minimum absolute atomic E-state index is 0.471. The molecule has 4 N–H and O–H groups in total. The largest absolute Gasteiger partial charge is 0.328 e. The van der Waals surface area contributed by atoms with E-state index in [-0.39, 0.29) is 0 Å². The summed E-state index contributed by atoms with van der Waals surface area (Å²) in [5, 5.41) is 6.92. The number of nitrogens with two attached hydrogens (primary N) is 1. The van der Waals surface area contributed by atoms with E-state index in [1.807, 2.05) is 0 Å². The highest BCUT2D eigenvalue weighted by molar-refractivity contribution is 4.73. The zero-order chi connectivity index (χ0) is 11.6. The van der Waals surface area contributed by atoms with Crippen molar-refractivity contribution in [3.05, 3.63) is 0 Å². The van der Waals surface area contributed by atoms with Crippen molar-refractivity contribution < 1.29 is 0 Å². The molecule has 0 saturated heterocycles. The van der Waals surface area contributed by atoms with Gasteiger partial charge >= 0.3 is 0 Å². The summed E-state index contributed by atoms with van der Waals surface area (Å²) in [4.78, 5) is 0. The van der Waals surface area contributed by atoms with Crippen molar-refractivity contribution in [1.29, 1.82) is 0 Å². The third-order valence-corrected chi connectivity index (χ3v) is 3.52. The first-order chi connectivity index (χ1) is 7.83. The average molecular weight is 227 g/mol. The Morgan fingerprint density at radius 3 is 2.69 bits per heavy atom. The van der Waals surface area contributed by atoms with Gasteiger partial charge in [-0.25, -0.2) is 0 Å². The van der Waals surface area contributed by atoms with E-state index in [2.05, 4.69) is 17.6 Å². The molecule has 0 aromatic heterocycles. The van der Waals surface area contributed by atoms with E-state index in [1.165, 1.54) is 45.1 Å². The normalized spacial score (nSPS) is 26.6. The maximum absolute atomic E-state index is 5.98. The fraction of sp³-hybridized carbons (Fsp3) is 1.00. The molecule has 0 aromatic carbocycles. The van der Waals surface area contributed by atoms with Crippen LogP contribution in [0, 0.1) is 5.92 Å². The van der Waals surface area contributed by atoms with Gasteiger partial charge in [0.25, 0.3) is 0 Å². The predicted molar refractivity (Wildman–Crippen MR) is 70.6 cm³/mol. The summed E-state index contributed by atoms with van der Waals surface area (Å²) >= 11 is 0. The summed E-state index contributed by atoms with van der Waals surface area (Å²) in [5.74, 6) is 0.868. The predicted octanol–water partition coefficient (Wildman–Crippen LogP) is 1.48. The number of nitrogens with one attached hydrogen (secondary N) is 2. The molecule has 0 spiro atoms. The lowest BCUT2D eigenvalue weighted by Gasteiger charge is -2.15. The van der Waals surface area contributed by atoms with Gasteiger partial charge in [0.1, 0.15) is 0 Å². The molecule has 0 amide bonds. The Hall–Kier alpha value is -0.120. The molecule has 3 heteroatoms. The molecule has 2 atom stereocenters. The topological polar surface area (TPSA) is 50.1 Å². The van der Waals surface area contributed by atoms with Gasteiger partial charge in [0.05, 0.1) is 0 Å². The van der Waals surface area contributed by atoms with Crippen molar-refractivity contribution in [2.45, 2.75) is 51.5 Å². The Kier molecular flexibility index (Phi) is 7.81. The van der Waals surface area contributed by atoms with Crippen LogP contribution in [0.5, 0.6) is 0 Å². The van der Waals surface area contributed by atoms with Crippen molar-refractivity contribution in [3.8, 4) is 0 Å². The van der Waals surface area contributed by atoms with Crippen LogP contribution in [0.1, 0.15) is 45.4 Å². The second-order valence-corrected chi connectivity index (χ2v) is 5.05. The lowest BCUT2D eigenvalue weighted by atomic mass is 10.0. The minimum Gasteiger partial charge on any atom is -0.328 e. The molecule has 0 heterocycles. The maximum atomic E-state index is 5.98. The highest BCUT2D eigenvalue weighted by Crippen LogP contribution is 2.21. The zero-order valence-electron chi connectivity index (χ0n) is 10.8. The van der Waals surface area contributed by atoms with Crippen LogP contribution in [0.15, 0.2) is 0 Å². The molecule has 0 unspecified atom stereocenters. The van der Waals surface area contributed by atoms with Crippen LogP contribution in [0.4, 0.5) is 0 Å². The lowest BCUT2D eigenvalue weighted by molar-refractivity contribution is 0.420. The van der Waals surface area contributed by atoms with E-state index in [0.717, 1.165) is 25.6 Å². The monoisotopic (exact) mass is 227 g/mol. The highest BCUT2D eigenvalue weighted by Gasteiger charge is 2.15. The van der Waals surface area contributed by atoms with Crippen molar-refractivity contribution >= 4 is 0 Å². The second kappa shape index (κ2) is 8.97. The molecular weight excluding hydrogens is 198 g/mol. The molecule has 1 fully saturated rings. The number of hydrogen-bond acceptors (Lipinski definition) is 3. The summed E-state index contributed by atoms with van der Waals surface area (Å²) < 4.78 is 0. The first kappa shape index (κ1) is 13.9. The van der Waals surface area contributed by atoms with Crippen LogP contribution < -0.4 is 16.4 Å². The van der Waals surface area contributed by atoms with Crippen molar-refractivity contribution in [2.24, 2.45) is 11.7 Å². The molecule has 3 nitrogen and oxygen atoms in total. The van der Waals surface area contributed by atoms with Gasteiger partial charge < -0.3 is 16.4 Å². The smallest absolute Gasteiger partial charge is 0.00389 e. The molecule has 0 radical (unpaired) electrons. The van der Waals surface area contributed by atoms with E-state index < -0.39 is 0 Å². The molecule has 0 aromatic rings. The van der Waals surface area contributed by atoms with E-state index >= 15 is 0 Å². The third kappa shape index (κ3) is 6.46. The first-order valence-electron chi connectivity index (χ1n) is 7.00.